The number of rotatable bonds is 6. The Balaban J connectivity index is 1.60. The fraction of sp³-hybridized carbons (Fsp3) is 0.105. The summed E-state index contributed by atoms with van der Waals surface area (Å²) >= 11 is 5.72. The molecule has 2 heterocycles. The molecule has 2 aromatic heterocycles. The van der Waals surface area contributed by atoms with Crippen LogP contribution in [0.2, 0.25) is 5.02 Å². The second kappa shape index (κ2) is 9.01. The number of pyridine rings is 1. The van der Waals surface area contributed by atoms with Crippen molar-refractivity contribution in [3.63, 3.8) is 0 Å². The minimum absolute atomic E-state index is 0.0260. The van der Waals surface area contributed by atoms with Gasteiger partial charge in [0.2, 0.25) is 0 Å². The summed E-state index contributed by atoms with van der Waals surface area (Å²) in [5.74, 6) is -1.46. The van der Waals surface area contributed by atoms with Gasteiger partial charge in [-0.2, -0.15) is 0 Å². The van der Waals surface area contributed by atoms with Gasteiger partial charge in [0.25, 0.3) is 11.8 Å². The lowest BCUT2D eigenvalue weighted by Gasteiger charge is -2.07. The zero-order valence-electron chi connectivity index (χ0n) is 14.5. The highest BCUT2D eigenvalue weighted by atomic mass is 35.5. The number of carbonyl (C=O) groups is 2. The molecule has 0 fully saturated rings. The lowest BCUT2D eigenvalue weighted by Crippen LogP contribution is -2.27. The summed E-state index contributed by atoms with van der Waals surface area (Å²) in [7, 11) is 0. The van der Waals surface area contributed by atoms with E-state index in [1.54, 1.807) is 24.5 Å². The van der Waals surface area contributed by atoms with Gasteiger partial charge in [0.15, 0.2) is 0 Å². The van der Waals surface area contributed by atoms with E-state index in [0.29, 0.717) is 12.1 Å². The number of aromatic nitrogens is 3. The van der Waals surface area contributed by atoms with Crippen molar-refractivity contribution < 1.29 is 14.0 Å². The molecular formula is C19H15ClFN5O2. The van der Waals surface area contributed by atoms with Crippen LogP contribution in [0.5, 0.6) is 0 Å². The fourth-order valence-electron chi connectivity index (χ4n) is 2.30. The molecule has 0 atom stereocenters. The van der Waals surface area contributed by atoms with E-state index < -0.39 is 17.6 Å². The van der Waals surface area contributed by atoms with Gasteiger partial charge in [0, 0.05) is 31.5 Å². The number of amides is 2. The molecule has 2 N–H and O–H groups in total. The molecule has 0 aliphatic heterocycles. The number of benzene rings is 1. The van der Waals surface area contributed by atoms with E-state index in [-0.39, 0.29) is 23.0 Å². The van der Waals surface area contributed by atoms with Gasteiger partial charge in [0.05, 0.1) is 5.02 Å². The first-order chi connectivity index (χ1) is 13.5. The molecular weight excluding hydrogens is 385 g/mol. The molecule has 0 spiro atoms. The maximum Gasteiger partial charge on any atom is 0.270 e. The summed E-state index contributed by atoms with van der Waals surface area (Å²) in [5, 5.41) is 5.32. The monoisotopic (exact) mass is 399 g/mol. The minimum Gasteiger partial charge on any atom is -0.347 e. The number of carbonyl (C=O) groups excluding carboxylic acids is 2. The Kier molecular flexibility index (Phi) is 6.23. The van der Waals surface area contributed by atoms with Crippen LogP contribution in [-0.2, 0) is 13.1 Å². The number of nitrogens with zero attached hydrogens (tertiary/aromatic N) is 3. The van der Waals surface area contributed by atoms with Gasteiger partial charge in [-0.3, -0.25) is 14.6 Å². The van der Waals surface area contributed by atoms with E-state index in [1.807, 2.05) is 0 Å². The zero-order valence-corrected chi connectivity index (χ0v) is 15.3. The molecule has 3 rings (SSSR count). The maximum atomic E-state index is 13.2. The van der Waals surface area contributed by atoms with Crippen LogP contribution < -0.4 is 10.6 Å². The van der Waals surface area contributed by atoms with Crippen molar-refractivity contribution in [2.75, 3.05) is 0 Å². The first-order valence-electron chi connectivity index (χ1n) is 8.24. The van der Waals surface area contributed by atoms with Crippen molar-refractivity contribution in [1.82, 2.24) is 25.6 Å². The fourth-order valence-corrected chi connectivity index (χ4v) is 2.50. The summed E-state index contributed by atoms with van der Waals surface area (Å²) in [6.07, 6.45) is 4.40. The first kappa shape index (κ1) is 19.4. The van der Waals surface area contributed by atoms with Crippen LogP contribution in [0, 0.1) is 5.82 Å². The molecule has 1 aromatic carbocycles. The van der Waals surface area contributed by atoms with Crippen LogP contribution in [0.15, 0.2) is 55.1 Å². The Labute approximate surface area is 165 Å². The number of nitrogens with one attached hydrogen (secondary N) is 2. The van der Waals surface area contributed by atoms with E-state index in [1.165, 1.54) is 24.3 Å². The van der Waals surface area contributed by atoms with Gasteiger partial charge < -0.3 is 10.6 Å². The molecule has 3 aromatic rings. The van der Waals surface area contributed by atoms with Gasteiger partial charge >= 0.3 is 0 Å². The third kappa shape index (κ3) is 5.08. The SMILES string of the molecule is O=C(NCc1ccncc1)c1cc(C(=O)NCc2ccc(F)c(Cl)c2)ncn1. The van der Waals surface area contributed by atoms with Crippen molar-refractivity contribution in [2.24, 2.45) is 0 Å². The molecule has 0 aliphatic rings. The summed E-state index contributed by atoms with van der Waals surface area (Å²) < 4.78 is 13.2. The molecule has 7 nitrogen and oxygen atoms in total. The highest BCUT2D eigenvalue weighted by Gasteiger charge is 2.13. The van der Waals surface area contributed by atoms with Crippen LogP contribution in [0.1, 0.15) is 32.1 Å². The molecule has 0 saturated heterocycles. The Bertz CT molecular complexity index is 1000. The molecule has 0 radical (unpaired) electrons. The van der Waals surface area contributed by atoms with Crippen molar-refractivity contribution in [3.05, 3.63) is 88.5 Å². The lowest BCUT2D eigenvalue weighted by atomic mass is 10.2. The van der Waals surface area contributed by atoms with Crippen molar-refractivity contribution >= 4 is 23.4 Å². The summed E-state index contributed by atoms with van der Waals surface area (Å²) in [5.41, 5.74) is 1.62. The molecule has 0 bridgehead atoms. The Hall–Kier alpha value is -3.39. The minimum atomic E-state index is -0.532. The first-order valence-corrected chi connectivity index (χ1v) is 8.62. The van der Waals surface area contributed by atoms with E-state index >= 15 is 0 Å². The third-order valence-corrected chi connectivity index (χ3v) is 4.06. The van der Waals surface area contributed by atoms with Crippen LogP contribution in [0.3, 0.4) is 0 Å². The van der Waals surface area contributed by atoms with Gasteiger partial charge in [-0.05, 0) is 35.4 Å². The highest BCUT2D eigenvalue weighted by Crippen LogP contribution is 2.15. The normalized spacial score (nSPS) is 10.4. The smallest absolute Gasteiger partial charge is 0.270 e. The highest BCUT2D eigenvalue weighted by molar-refractivity contribution is 6.30. The van der Waals surface area contributed by atoms with Crippen LogP contribution in [0.4, 0.5) is 4.39 Å². The van der Waals surface area contributed by atoms with Gasteiger partial charge in [0.1, 0.15) is 23.5 Å². The predicted octanol–water partition coefficient (Wildman–Crippen LogP) is 2.52. The summed E-state index contributed by atoms with van der Waals surface area (Å²) in [4.78, 5) is 36.2. The van der Waals surface area contributed by atoms with Crippen molar-refractivity contribution in [1.29, 1.82) is 0 Å². The molecule has 9 heteroatoms. The average molecular weight is 400 g/mol. The Morgan fingerprint density at radius 1 is 0.893 bits per heavy atom. The molecule has 2 amide bonds. The van der Waals surface area contributed by atoms with E-state index in [4.69, 9.17) is 11.6 Å². The summed E-state index contributed by atoms with van der Waals surface area (Å²) in [6, 6.07) is 9.02. The van der Waals surface area contributed by atoms with Crippen LogP contribution in [0.25, 0.3) is 0 Å². The second-order valence-corrected chi connectivity index (χ2v) is 6.16. The molecule has 0 saturated carbocycles. The third-order valence-electron chi connectivity index (χ3n) is 3.77. The quantitative estimate of drug-likeness (QED) is 0.664. The molecule has 28 heavy (non-hydrogen) atoms. The Morgan fingerprint density at radius 2 is 1.50 bits per heavy atom. The van der Waals surface area contributed by atoms with Crippen molar-refractivity contribution in [2.45, 2.75) is 13.1 Å². The molecule has 142 valence electrons. The number of halogens is 2. The molecule has 0 unspecified atom stereocenters. The van der Waals surface area contributed by atoms with E-state index in [9.17, 15) is 14.0 Å². The average Bonchev–Trinajstić information content (AvgIpc) is 2.73. The zero-order chi connectivity index (χ0) is 19.9. The van der Waals surface area contributed by atoms with E-state index in [0.717, 1.165) is 11.9 Å². The largest absolute Gasteiger partial charge is 0.347 e. The lowest BCUT2D eigenvalue weighted by molar-refractivity contribution is 0.0944. The number of hydrogen-bond acceptors (Lipinski definition) is 5. The maximum absolute atomic E-state index is 13.2. The number of hydrogen-bond donors (Lipinski definition) is 2. The Morgan fingerprint density at radius 3 is 2.11 bits per heavy atom. The van der Waals surface area contributed by atoms with Crippen molar-refractivity contribution in [3.8, 4) is 0 Å². The van der Waals surface area contributed by atoms with Gasteiger partial charge in [-0.1, -0.05) is 17.7 Å². The predicted molar refractivity (Wildman–Crippen MR) is 100 cm³/mol. The summed E-state index contributed by atoms with van der Waals surface area (Å²) in [6.45, 7) is 0.435. The second-order valence-electron chi connectivity index (χ2n) is 5.76. The standard InChI is InChI=1S/C19H15ClFN5O2/c20-14-7-13(1-2-15(14)21)10-24-19(28)17-8-16(25-11-26-17)18(27)23-9-12-3-5-22-6-4-12/h1-8,11H,9-10H2,(H,23,27)(H,24,28). The van der Waals surface area contributed by atoms with Crippen LogP contribution in [-0.4, -0.2) is 26.8 Å². The molecule has 0 aliphatic carbocycles. The van der Waals surface area contributed by atoms with Gasteiger partial charge in [-0.15, -0.1) is 0 Å². The topological polar surface area (TPSA) is 96.9 Å². The van der Waals surface area contributed by atoms with Gasteiger partial charge in [-0.25, -0.2) is 14.4 Å². The van der Waals surface area contributed by atoms with E-state index in [2.05, 4.69) is 25.6 Å². The van der Waals surface area contributed by atoms with Crippen LogP contribution >= 0.6 is 11.6 Å².